The summed E-state index contributed by atoms with van der Waals surface area (Å²) in [6.45, 7) is 3.69. The van der Waals surface area contributed by atoms with Crippen molar-refractivity contribution in [3.63, 3.8) is 0 Å². The number of non-ortho nitro benzene ring substituents is 1. The van der Waals surface area contributed by atoms with Crippen LogP contribution in [0.25, 0.3) is 6.08 Å². The number of rotatable bonds is 8. The van der Waals surface area contributed by atoms with Gasteiger partial charge in [-0.3, -0.25) is 29.4 Å². The average molecular weight is 518 g/mol. The topological polar surface area (TPSA) is 119 Å². The molecule has 188 valence electrons. The van der Waals surface area contributed by atoms with E-state index >= 15 is 0 Å². The van der Waals surface area contributed by atoms with E-state index in [9.17, 15) is 24.5 Å². The van der Waals surface area contributed by atoms with Gasteiger partial charge in [0.1, 0.15) is 18.9 Å². The predicted octanol–water partition coefficient (Wildman–Crippen LogP) is 5.47. The zero-order valence-corrected chi connectivity index (χ0v) is 20.9. The van der Waals surface area contributed by atoms with Crippen molar-refractivity contribution in [2.45, 2.75) is 20.5 Å². The molecular weight excluding hydrogens is 494 g/mol. The van der Waals surface area contributed by atoms with E-state index in [0.29, 0.717) is 17.0 Å². The molecule has 0 spiro atoms. The third kappa shape index (κ3) is 6.22. The van der Waals surface area contributed by atoms with Crippen molar-refractivity contribution in [2.75, 3.05) is 11.9 Å². The molecule has 1 heterocycles. The lowest BCUT2D eigenvalue weighted by Crippen LogP contribution is -2.36. The van der Waals surface area contributed by atoms with Gasteiger partial charge in [0.05, 0.1) is 9.83 Å². The summed E-state index contributed by atoms with van der Waals surface area (Å²) in [6.07, 6.45) is 1.59. The van der Waals surface area contributed by atoms with E-state index in [-0.39, 0.29) is 23.7 Å². The number of imide groups is 1. The molecule has 3 amide bonds. The van der Waals surface area contributed by atoms with Crippen LogP contribution in [-0.4, -0.2) is 33.4 Å². The standard InChI is InChI=1S/C27H23N3O6S/c1-17-4-3-5-23(18(17)2)28-25(31)15-29-26(32)24(37-27(29)33)14-19-8-12-22(13-9-19)36-16-20-6-10-21(11-7-20)30(34)35/h3-14H,15-16H2,1-2H3,(H,28,31)/b24-14+. The van der Waals surface area contributed by atoms with Crippen LogP contribution >= 0.6 is 11.8 Å². The molecule has 3 aromatic rings. The fraction of sp³-hybridized carbons (Fsp3) is 0.148. The van der Waals surface area contributed by atoms with Crippen molar-refractivity contribution in [1.82, 2.24) is 4.90 Å². The smallest absolute Gasteiger partial charge is 0.294 e. The van der Waals surface area contributed by atoms with E-state index in [4.69, 9.17) is 4.74 Å². The first kappa shape index (κ1) is 25.6. The van der Waals surface area contributed by atoms with E-state index in [0.717, 1.165) is 33.4 Å². The second-order valence-electron chi connectivity index (χ2n) is 8.34. The van der Waals surface area contributed by atoms with Gasteiger partial charge in [0.25, 0.3) is 16.8 Å². The second-order valence-corrected chi connectivity index (χ2v) is 9.34. The molecule has 1 aliphatic heterocycles. The third-order valence-electron chi connectivity index (χ3n) is 5.78. The summed E-state index contributed by atoms with van der Waals surface area (Å²) in [7, 11) is 0. The Bertz CT molecular complexity index is 1400. The zero-order valence-electron chi connectivity index (χ0n) is 20.1. The van der Waals surface area contributed by atoms with Crippen molar-refractivity contribution in [3.05, 3.63) is 104 Å². The SMILES string of the molecule is Cc1cccc(NC(=O)CN2C(=O)S/C(=C/c3ccc(OCc4ccc([N+](=O)[O-])cc4)cc3)C2=O)c1C. The van der Waals surface area contributed by atoms with E-state index in [1.807, 2.05) is 26.0 Å². The maximum Gasteiger partial charge on any atom is 0.294 e. The number of hydrogen-bond acceptors (Lipinski definition) is 7. The molecule has 9 nitrogen and oxygen atoms in total. The molecule has 0 aliphatic carbocycles. The lowest BCUT2D eigenvalue weighted by molar-refractivity contribution is -0.384. The molecule has 3 aromatic carbocycles. The molecule has 1 N–H and O–H groups in total. The first-order chi connectivity index (χ1) is 17.7. The van der Waals surface area contributed by atoms with Crippen LogP contribution in [0, 0.1) is 24.0 Å². The molecule has 0 aromatic heterocycles. The number of hydrogen-bond donors (Lipinski definition) is 1. The van der Waals surface area contributed by atoms with Crippen LogP contribution in [0.1, 0.15) is 22.3 Å². The number of carbonyl (C=O) groups excluding carboxylic acids is 3. The molecule has 0 atom stereocenters. The quantitative estimate of drug-likeness (QED) is 0.239. The number of nitrogens with one attached hydrogen (secondary N) is 1. The first-order valence-corrected chi connectivity index (χ1v) is 12.1. The van der Waals surface area contributed by atoms with Gasteiger partial charge in [-0.15, -0.1) is 0 Å². The summed E-state index contributed by atoms with van der Waals surface area (Å²) in [4.78, 5) is 49.2. The maximum absolute atomic E-state index is 12.8. The summed E-state index contributed by atoms with van der Waals surface area (Å²) < 4.78 is 5.71. The summed E-state index contributed by atoms with van der Waals surface area (Å²) in [5.41, 5.74) is 4.07. The number of nitrogens with zero attached hydrogens (tertiary/aromatic N) is 2. The number of thioether (sulfide) groups is 1. The van der Waals surface area contributed by atoms with Gasteiger partial charge in [0.15, 0.2) is 0 Å². The Labute approximate surface area is 217 Å². The maximum atomic E-state index is 12.8. The largest absolute Gasteiger partial charge is 0.489 e. The predicted molar refractivity (Wildman–Crippen MR) is 141 cm³/mol. The number of aryl methyl sites for hydroxylation is 1. The van der Waals surface area contributed by atoms with Gasteiger partial charge in [-0.1, -0.05) is 24.3 Å². The minimum Gasteiger partial charge on any atom is -0.489 e. The van der Waals surface area contributed by atoms with Crippen molar-refractivity contribution in [1.29, 1.82) is 0 Å². The highest BCUT2D eigenvalue weighted by atomic mass is 32.2. The number of benzene rings is 3. The first-order valence-electron chi connectivity index (χ1n) is 11.3. The Morgan fingerprint density at radius 2 is 1.76 bits per heavy atom. The van der Waals surface area contributed by atoms with E-state index in [2.05, 4.69) is 5.32 Å². The van der Waals surface area contributed by atoms with Crippen LogP contribution < -0.4 is 10.1 Å². The van der Waals surface area contributed by atoms with E-state index < -0.39 is 22.0 Å². The molecule has 0 bridgehead atoms. The van der Waals surface area contributed by atoms with Crippen LogP contribution in [0.5, 0.6) is 5.75 Å². The Hall–Kier alpha value is -4.44. The Kier molecular flexibility index (Phi) is 7.69. The van der Waals surface area contributed by atoms with Crippen LogP contribution in [-0.2, 0) is 16.2 Å². The Morgan fingerprint density at radius 3 is 2.43 bits per heavy atom. The molecule has 37 heavy (non-hydrogen) atoms. The average Bonchev–Trinajstić information content (AvgIpc) is 3.13. The van der Waals surface area contributed by atoms with E-state index in [1.54, 1.807) is 48.5 Å². The van der Waals surface area contributed by atoms with Gasteiger partial charge >= 0.3 is 0 Å². The number of ether oxygens (including phenoxy) is 1. The molecule has 1 fully saturated rings. The highest BCUT2D eigenvalue weighted by Crippen LogP contribution is 2.32. The summed E-state index contributed by atoms with van der Waals surface area (Å²) in [5, 5.41) is 13.0. The van der Waals surface area contributed by atoms with Crippen molar-refractivity contribution >= 4 is 46.3 Å². The van der Waals surface area contributed by atoms with Crippen molar-refractivity contribution in [3.8, 4) is 5.75 Å². The van der Waals surface area contributed by atoms with Crippen LogP contribution in [0.15, 0.2) is 71.6 Å². The number of amides is 3. The van der Waals surface area contributed by atoms with Crippen molar-refractivity contribution in [2.24, 2.45) is 0 Å². The lowest BCUT2D eigenvalue weighted by Gasteiger charge is -2.14. The molecule has 1 saturated heterocycles. The third-order valence-corrected chi connectivity index (χ3v) is 6.69. The highest BCUT2D eigenvalue weighted by molar-refractivity contribution is 8.18. The van der Waals surface area contributed by atoms with Gasteiger partial charge in [0.2, 0.25) is 5.91 Å². The Morgan fingerprint density at radius 1 is 1.05 bits per heavy atom. The van der Waals surface area contributed by atoms with Gasteiger partial charge in [-0.25, -0.2) is 0 Å². The fourth-order valence-electron chi connectivity index (χ4n) is 3.55. The Balaban J connectivity index is 1.35. The van der Waals surface area contributed by atoms with Crippen molar-refractivity contribution < 1.29 is 24.0 Å². The molecule has 0 saturated carbocycles. The van der Waals surface area contributed by atoms with E-state index in [1.165, 1.54) is 12.1 Å². The highest BCUT2D eigenvalue weighted by Gasteiger charge is 2.36. The molecular formula is C27H23N3O6S. The van der Waals surface area contributed by atoms with Gasteiger partial charge in [-0.2, -0.15) is 0 Å². The lowest BCUT2D eigenvalue weighted by atomic mass is 10.1. The van der Waals surface area contributed by atoms with Gasteiger partial charge in [-0.05, 0) is 84.3 Å². The number of anilines is 1. The zero-order chi connectivity index (χ0) is 26.5. The van der Waals surface area contributed by atoms with Gasteiger partial charge in [0, 0.05) is 17.8 Å². The molecule has 1 aliphatic rings. The molecule has 0 unspecified atom stereocenters. The fourth-order valence-corrected chi connectivity index (χ4v) is 4.39. The van der Waals surface area contributed by atoms with Crippen LogP contribution in [0.2, 0.25) is 0 Å². The minimum absolute atomic E-state index is 0.0134. The monoisotopic (exact) mass is 517 g/mol. The normalized spacial score (nSPS) is 14.2. The summed E-state index contributed by atoms with van der Waals surface area (Å²) in [5.74, 6) is -0.400. The minimum atomic E-state index is -0.524. The molecule has 10 heteroatoms. The van der Waals surface area contributed by atoms with Crippen LogP contribution in [0.3, 0.4) is 0 Å². The second kappa shape index (κ2) is 11.1. The summed E-state index contributed by atoms with van der Waals surface area (Å²) >= 11 is 0.785. The van der Waals surface area contributed by atoms with Crippen LogP contribution in [0.4, 0.5) is 16.2 Å². The number of carbonyl (C=O) groups is 3. The number of nitro benzene ring substituents is 1. The van der Waals surface area contributed by atoms with Gasteiger partial charge < -0.3 is 10.1 Å². The molecule has 0 radical (unpaired) electrons. The summed E-state index contributed by atoms with van der Waals surface area (Å²) in [6, 6.07) is 18.6. The molecule has 4 rings (SSSR count). The number of nitro groups is 1.